The molecule has 0 saturated carbocycles. The lowest BCUT2D eigenvalue weighted by atomic mass is 10.2. The lowest BCUT2D eigenvalue weighted by molar-refractivity contribution is -0.384. The fraction of sp³-hybridized carbons (Fsp3) is 0.176. The van der Waals surface area contributed by atoms with E-state index in [-0.39, 0.29) is 18.1 Å². The first-order chi connectivity index (χ1) is 13.5. The Morgan fingerprint density at radius 3 is 2.61 bits per heavy atom. The van der Waals surface area contributed by atoms with Crippen molar-refractivity contribution in [1.29, 1.82) is 0 Å². The van der Waals surface area contributed by atoms with E-state index in [0.29, 0.717) is 29.5 Å². The van der Waals surface area contributed by atoms with Gasteiger partial charge in [-0.25, -0.2) is 0 Å². The second kappa shape index (κ2) is 8.91. The molecular formula is C17H16ClN7O3. The molecule has 0 spiro atoms. The van der Waals surface area contributed by atoms with Gasteiger partial charge in [0.15, 0.2) is 0 Å². The summed E-state index contributed by atoms with van der Waals surface area (Å²) in [5.41, 5.74) is 1.39. The standard InChI is InChI=1S/C17H16ClN7O3/c18-15-4-2-1-3-14(15)17-21-23-24(22-17)11-16(26)20-10-9-19-12-5-7-13(8-6-12)25(27)28/h1-8,19H,9-11H2,(H,20,26). The maximum atomic E-state index is 12.0. The van der Waals surface area contributed by atoms with Crippen molar-refractivity contribution in [2.24, 2.45) is 0 Å². The summed E-state index contributed by atoms with van der Waals surface area (Å²) in [5, 5.41) is 28.8. The number of carbonyl (C=O) groups is 1. The van der Waals surface area contributed by atoms with Gasteiger partial charge in [0.2, 0.25) is 11.7 Å². The number of nitrogens with one attached hydrogen (secondary N) is 2. The summed E-state index contributed by atoms with van der Waals surface area (Å²) in [5.74, 6) is 0.0758. The number of rotatable bonds is 8. The molecule has 144 valence electrons. The first-order valence-electron chi connectivity index (χ1n) is 8.30. The Morgan fingerprint density at radius 2 is 1.89 bits per heavy atom. The molecule has 0 fully saturated rings. The molecule has 2 aromatic carbocycles. The molecule has 1 aromatic heterocycles. The summed E-state index contributed by atoms with van der Waals surface area (Å²) in [6.45, 7) is 0.746. The number of tetrazole rings is 1. The van der Waals surface area contributed by atoms with Crippen molar-refractivity contribution >= 4 is 28.9 Å². The fourth-order valence-electron chi connectivity index (χ4n) is 2.35. The molecule has 0 aliphatic carbocycles. The van der Waals surface area contributed by atoms with Crippen LogP contribution in [-0.2, 0) is 11.3 Å². The molecule has 10 nitrogen and oxygen atoms in total. The molecular weight excluding hydrogens is 386 g/mol. The Morgan fingerprint density at radius 1 is 1.14 bits per heavy atom. The Kier molecular flexibility index (Phi) is 6.12. The number of carbonyl (C=O) groups excluding carboxylic acids is 1. The van der Waals surface area contributed by atoms with Crippen LogP contribution in [-0.4, -0.2) is 44.1 Å². The van der Waals surface area contributed by atoms with Crippen LogP contribution < -0.4 is 10.6 Å². The first kappa shape index (κ1) is 19.2. The molecule has 0 atom stereocenters. The van der Waals surface area contributed by atoms with E-state index >= 15 is 0 Å². The molecule has 28 heavy (non-hydrogen) atoms. The largest absolute Gasteiger partial charge is 0.383 e. The highest BCUT2D eigenvalue weighted by Crippen LogP contribution is 2.23. The fourth-order valence-corrected chi connectivity index (χ4v) is 2.57. The maximum Gasteiger partial charge on any atom is 0.269 e. The zero-order chi connectivity index (χ0) is 19.9. The van der Waals surface area contributed by atoms with Gasteiger partial charge in [0.25, 0.3) is 5.69 Å². The third kappa shape index (κ3) is 5.01. The minimum atomic E-state index is -0.459. The van der Waals surface area contributed by atoms with Gasteiger partial charge in [0.1, 0.15) is 6.54 Å². The molecule has 11 heteroatoms. The second-order valence-corrected chi connectivity index (χ2v) is 6.11. The molecule has 1 heterocycles. The lowest BCUT2D eigenvalue weighted by Crippen LogP contribution is -2.32. The molecule has 3 aromatic rings. The van der Waals surface area contributed by atoms with Gasteiger partial charge in [-0.15, -0.1) is 10.2 Å². The van der Waals surface area contributed by atoms with Gasteiger partial charge >= 0.3 is 0 Å². The Bertz CT molecular complexity index is 975. The summed E-state index contributed by atoms with van der Waals surface area (Å²) in [4.78, 5) is 23.3. The molecule has 0 aliphatic rings. The number of amides is 1. The molecule has 0 unspecified atom stereocenters. The number of anilines is 1. The number of non-ortho nitro benzene ring substituents is 1. The summed E-state index contributed by atoms with van der Waals surface area (Å²) in [6, 6.07) is 13.1. The number of nitrogens with zero attached hydrogens (tertiary/aromatic N) is 5. The second-order valence-electron chi connectivity index (χ2n) is 5.70. The number of nitro groups is 1. The van der Waals surface area contributed by atoms with Gasteiger partial charge in [0, 0.05) is 36.5 Å². The van der Waals surface area contributed by atoms with Crippen LogP contribution in [0.4, 0.5) is 11.4 Å². The highest BCUT2D eigenvalue weighted by molar-refractivity contribution is 6.33. The van der Waals surface area contributed by atoms with E-state index < -0.39 is 4.92 Å². The van der Waals surface area contributed by atoms with Crippen LogP contribution in [0.5, 0.6) is 0 Å². The predicted octanol–water partition coefficient (Wildman–Crippen LogP) is 2.13. The van der Waals surface area contributed by atoms with Crippen LogP contribution in [0.1, 0.15) is 0 Å². The van der Waals surface area contributed by atoms with Gasteiger partial charge in [-0.05, 0) is 29.5 Å². The summed E-state index contributed by atoms with van der Waals surface area (Å²) in [6.07, 6.45) is 0. The van der Waals surface area contributed by atoms with Crippen LogP contribution in [0, 0.1) is 10.1 Å². The third-order valence-electron chi connectivity index (χ3n) is 3.71. The molecule has 3 rings (SSSR count). The number of aromatic nitrogens is 4. The number of benzene rings is 2. The third-order valence-corrected chi connectivity index (χ3v) is 4.04. The van der Waals surface area contributed by atoms with Crippen molar-refractivity contribution in [2.75, 3.05) is 18.4 Å². The maximum absolute atomic E-state index is 12.0. The Balaban J connectivity index is 1.44. The average Bonchev–Trinajstić information content (AvgIpc) is 3.14. The average molecular weight is 402 g/mol. The highest BCUT2D eigenvalue weighted by Gasteiger charge is 2.11. The van der Waals surface area contributed by atoms with Crippen molar-refractivity contribution in [3.8, 4) is 11.4 Å². The SMILES string of the molecule is O=C(Cn1nnc(-c2ccccc2Cl)n1)NCCNc1ccc([N+](=O)[O-])cc1. The van der Waals surface area contributed by atoms with E-state index in [2.05, 4.69) is 26.0 Å². The van der Waals surface area contributed by atoms with E-state index in [4.69, 9.17) is 11.6 Å². The minimum absolute atomic E-state index is 0.0235. The highest BCUT2D eigenvalue weighted by atomic mass is 35.5. The predicted molar refractivity (Wildman–Crippen MR) is 103 cm³/mol. The van der Waals surface area contributed by atoms with Crippen molar-refractivity contribution in [3.63, 3.8) is 0 Å². The van der Waals surface area contributed by atoms with Crippen molar-refractivity contribution in [3.05, 3.63) is 63.7 Å². The quantitative estimate of drug-likeness (QED) is 0.336. The number of halogens is 1. The molecule has 0 saturated heterocycles. The Hall–Kier alpha value is -3.53. The smallest absolute Gasteiger partial charge is 0.269 e. The lowest BCUT2D eigenvalue weighted by Gasteiger charge is -2.07. The molecule has 2 N–H and O–H groups in total. The van der Waals surface area contributed by atoms with Gasteiger partial charge in [-0.1, -0.05) is 23.7 Å². The monoisotopic (exact) mass is 401 g/mol. The van der Waals surface area contributed by atoms with Crippen LogP contribution in [0.2, 0.25) is 5.02 Å². The van der Waals surface area contributed by atoms with E-state index in [1.807, 2.05) is 6.07 Å². The van der Waals surface area contributed by atoms with Crippen LogP contribution in [0.3, 0.4) is 0 Å². The van der Waals surface area contributed by atoms with Crippen molar-refractivity contribution < 1.29 is 9.72 Å². The van der Waals surface area contributed by atoms with E-state index in [0.717, 1.165) is 5.69 Å². The van der Waals surface area contributed by atoms with Crippen LogP contribution in [0.25, 0.3) is 11.4 Å². The summed E-state index contributed by atoms with van der Waals surface area (Å²) >= 11 is 6.10. The van der Waals surface area contributed by atoms with Crippen molar-refractivity contribution in [2.45, 2.75) is 6.54 Å². The molecule has 0 bridgehead atoms. The zero-order valence-electron chi connectivity index (χ0n) is 14.6. The topological polar surface area (TPSA) is 128 Å². The van der Waals surface area contributed by atoms with Crippen molar-refractivity contribution in [1.82, 2.24) is 25.5 Å². The molecule has 0 radical (unpaired) electrons. The van der Waals surface area contributed by atoms with Gasteiger partial charge in [0.05, 0.1) is 9.95 Å². The first-order valence-corrected chi connectivity index (χ1v) is 8.68. The molecule has 1 amide bonds. The summed E-state index contributed by atoms with van der Waals surface area (Å²) < 4.78 is 0. The minimum Gasteiger partial charge on any atom is -0.383 e. The number of hydrogen-bond donors (Lipinski definition) is 2. The van der Waals surface area contributed by atoms with E-state index in [1.165, 1.54) is 16.9 Å². The van der Waals surface area contributed by atoms with E-state index in [9.17, 15) is 14.9 Å². The number of hydrogen-bond acceptors (Lipinski definition) is 7. The Labute approximate surface area is 164 Å². The van der Waals surface area contributed by atoms with Crippen LogP contribution in [0.15, 0.2) is 48.5 Å². The van der Waals surface area contributed by atoms with Gasteiger partial charge < -0.3 is 10.6 Å². The number of nitro benzene ring substituents is 1. The molecule has 0 aliphatic heterocycles. The van der Waals surface area contributed by atoms with E-state index in [1.54, 1.807) is 30.3 Å². The summed E-state index contributed by atoms with van der Waals surface area (Å²) in [7, 11) is 0. The van der Waals surface area contributed by atoms with Gasteiger partial charge in [-0.2, -0.15) is 4.80 Å². The normalized spacial score (nSPS) is 10.5. The zero-order valence-corrected chi connectivity index (χ0v) is 15.3. The van der Waals surface area contributed by atoms with Crippen LogP contribution >= 0.6 is 11.6 Å². The van der Waals surface area contributed by atoms with Gasteiger partial charge in [-0.3, -0.25) is 14.9 Å².